The monoisotopic (exact) mass is 315 g/mol. The highest BCUT2D eigenvalue weighted by Crippen LogP contribution is 2.34. The van der Waals surface area contributed by atoms with E-state index in [4.69, 9.17) is 28.9 Å². The normalized spacial score (nSPS) is 10.6. The SMILES string of the molecule is Nc1ccc(-c2nccnc2-c2ccc(Cl)cc2Cl)cc1. The van der Waals surface area contributed by atoms with Crippen molar-refractivity contribution >= 4 is 28.9 Å². The quantitative estimate of drug-likeness (QED) is 0.697. The Labute approximate surface area is 132 Å². The molecule has 2 aromatic carbocycles. The number of nitrogens with zero attached hydrogens (tertiary/aromatic N) is 2. The Morgan fingerprint density at radius 3 is 2.14 bits per heavy atom. The van der Waals surface area contributed by atoms with E-state index in [1.165, 1.54) is 0 Å². The van der Waals surface area contributed by atoms with Crippen LogP contribution in [0.2, 0.25) is 10.0 Å². The zero-order valence-electron chi connectivity index (χ0n) is 10.9. The van der Waals surface area contributed by atoms with Gasteiger partial charge in [0.05, 0.1) is 16.4 Å². The molecule has 0 aliphatic rings. The first kappa shape index (κ1) is 13.9. The van der Waals surface area contributed by atoms with Crippen LogP contribution in [-0.4, -0.2) is 9.97 Å². The van der Waals surface area contributed by atoms with Crippen molar-refractivity contribution in [2.24, 2.45) is 0 Å². The van der Waals surface area contributed by atoms with Crippen LogP contribution in [-0.2, 0) is 0 Å². The predicted molar refractivity (Wildman–Crippen MR) is 87.3 cm³/mol. The number of anilines is 1. The first-order valence-corrected chi connectivity index (χ1v) is 7.03. The summed E-state index contributed by atoms with van der Waals surface area (Å²) in [5.74, 6) is 0. The van der Waals surface area contributed by atoms with E-state index in [0.29, 0.717) is 21.4 Å². The summed E-state index contributed by atoms with van der Waals surface area (Å²) < 4.78 is 0. The van der Waals surface area contributed by atoms with Gasteiger partial charge in [0.15, 0.2) is 0 Å². The van der Waals surface area contributed by atoms with Crippen LogP contribution in [0.15, 0.2) is 54.9 Å². The third-order valence-corrected chi connectivity index (χ3v) is 3.62. The maximum absolute atomic E-state index is 6.28. The lowest BCUT2D eigenvalue weighted by Crippen LogP contribution is -1.93. The zero-order chi connectivity index (χ0) is 14.8. The Morgan fingerprint density at radius 2 is 1.48 bits per heavy atom. The number of benzene rings is 2. The summed E-state index contributed by atoms with van der Waals surface area (Å²) in [5, 5.41) is 1.13. The molecule has 0 fully saturated rings. The van der Waals surface area contributed by atoms with E-state index < -0.39 is 0 Å². The Bertz CT molecular complexity index is 786. The van der Waals surface area contributed by atoms with Crippen LogP contribution >= 0.6 is 23.2 Å². The van der Waals surface area contributed by atoms with Crippen molar-refractivity contribution in [3.05, 3.63) is 64.9 Å². The highest BCUT2D eigenvalue weighted by Gasteiger charge is 2.13. The molecular formula is C16H11Cl2N3. The molecule has 21 heavy (non-hydrogen) atoms. The summed E-state index contributed by atoms with van der Waals surface area (Å²) >= 11 is 12.2. The lowest BCUT2D eigenvalue weighted by Gasteiger charge is -2.09. The Hall–Kier alpha value is -2.10. The first-order chi connectivity index (χ1) is 10.1. The molecule has 0 bridgehead atoms. The molecule has 0 spiro atoms. The molecule has 0 aliphatic heterocycles. The number of aromatic nitrogens is 2. The second kappa shape index (κ2) is 5.72. The van der Waals surface area contributed by atoms with Gasteiger partial charge in [-0.1, -0.05) is 35.3 Å². The van der Waals surface area contributed by atoms with Gasteiger partial charge < -0.3 is 5.73 Å². The van der Waals surface area contributed by atoms with Gasteiger partial charge in [-0.3, -0.25) is 9.97 Å². The maximum atomic E-state index is 6.28. The second-order valence-electron chi connectivity index (χ2n) is 4.50. The molecule has 0 saturated heterocycles. The van der Waals surface area contributed by atoms with Crippen molar-refractivity contribution in [2.45, 2.75) is 0 Å². The van der Waals surface area contributed by atoms with E-state index in [1.807, 2.05) is 30.3 Å². The number of nitrogens with two attached hydrogens (primary N) is 1. The van der Waals surface area contributed by atoms with E-state index in [2.05, 4.69) is 9.97 Å². The van der Waals surface area contributed by atoms with Crippen LogP contribution in [0.5, 0.6) is 0 Å². The van der Waals surface area contributed by atoms with Gasteiger partial charge in [0.1, 0.15) is 0 Å². The summed E-state index contributed by atoms with van der Waals surface area (Å²) in [6, 6.07) is 12.8. The molecule has 104 valence electrons. The average Bonchev–Trinajstić information content (AvgIpc) is 2.48. The molecule has 0 radical (unpaired) electrons. The predicted octanol–water partition coefficient (Wildman–Crippen LogP) is 4.70. The average molecular weight is 316 g/mol. The molecule has 0 aliphatic carbocycles. The molecule has 3 nitrogen and oxygen atoms in total. The van der Waals surface area contributed by atoms with Crippen LogP contribution in [0.25, 0.3) is 22.5 Å². The van der Waals surface area contributed by atoms with Crippen molar-refractivity contribution in [3.8, 4) is 22.5 Å². The van der Waals surface area contributed by atoms with Crippen LogP contribution in [0.3, 0.4) is 0 Å². The number of nitrogen functional groups attached to an aromatic ring is 1. The van der Waals surface area contributed by atoms with E-state index in [0.717, 1.165) is 16.8 Å². The van der Waals surface area contributed by atoms with Crippen LogP contribution in [0.4, 0.5) is 5.69 Å². The van der Waals surface area contributed by atoms with Crippen LogP contribution < -0.4 is 5.73 Å². The molecule has 0 saturated carbocycles. The summed E-state index contributed by atoms with van der Waals surface area (Å²) in [4.78, 5) is 8.84. The minimum absolute atomic E-state index is 0.541. The van der Waals surface area contributed by atoms with Gasteiger partial charge in [-0.25, -0.2) is 0 Å². The van der Waals surface area contributed by atoms with Crippen LogP contribution in [0, 0.1) is 0 Å². The van der Waals surface area contributed by atoms with Gasteiger partial charge in [-0.05, 0) is 30.3 Å². The summed E-state index contributed by atoms with van der Waals surface area (Å²) in [6.07, 6.45) is 3.29. The van der Waals surface area contributed by atoms with E-state index in [9.17, 15) is 0 Å². The maximum Gasteiger partial charge on any atom is 0.0980 e. The van der Waals surface area contributed by atoms with Gasteiger partial charge in [0.2, 0.25) is 0 Å². The molecule has 5 heteroatoms. The van der Waals surface area contributed by atoms with Crippen molar-refractivity contribution in [2.75, 3.05) is 5.73 Å². The van der Waals surface area contributed by atoms with Crippen molar-refractivity contribution in [1.82, 2.24) is 9.97 Å². The molecule has 0 atom stereocenters. The minimum atomic E-state index is 0.541. The van der Waals surface area contributed by atoms with Gasteiger partial charge in [-0.2, -0.15) is 0 Å². The first-order valence-electron chi connectivity index (χ1n) is 6.27. The van der Waals surface area contributed by atoms with Crippen molar-refractivity contribution < 1.29 is 0 Å². The molecule has 0 amide bonds. The van der Waals surface area contributed by atoms with E-state index >= 15 is 0 Å². The van der Waals surface area contributed by atoms with Gasteiger partial charge in [-0.15, -0.1) is 0 Å². The van der Waals surface area contributed by atoms with E-state index in [-0.39, 0.29) is 0 Å². The standard InChI is InChI=1S/C16H11Cl2N3/c17-11-3-6-13(14(18)9-11)16-15(20-7-8-21-16)10-1-4-12(19)5-2-10/h1-9H,19H2. The Kier molecular flexibility index (Phi) is 3.78. The van der Waals surface area contributed by atoms with Crippen molar-refractivity contribution in [1.29, 1.82) is 0 Å². The fourth-order valence-corrected chi connectivity index (χ4v) is 2.57. The van der Waals surface area contributed by atoms with Gasteiger partial charge >= 0.3 is 0 Å². The lowest BCUT2D eigenvalue weighted by atomic mass is 10.0. The molecule has 3 rings (SSSR count). The number of rotatable bonds is 2. The highest BCUT2D eigenvalue weighted by molar-refractivity contribution is 6.36. The minimum Gasteiger partial charge on any atom is -0.399 e. The van der Waals surface area contributed by atoms with Crippen molar-refractivity contribution in [3.63, 3.8) is 0 Å². The topological polar surface area (TPSA) is 51.8 Å². The molecule has 2 N–H and O–H groups in total. The second-order valence-corrected chi connectivity index (χ2v) is 5.34. The fourth-order valence-electron chi connectivity index (χ4n) is 2.07. The summed E-state index contributed by atoms with van der Waals surface area (Å²) in [5.41, 5.74) is 9.61. The summed E-state index contributed by atoms with van der Waals surface area (Å²) in [6.45, 7) is 0. The molecule has 3 aromatic rings. The molecular weight excluding hydrogens is 305 g/mol. The number of hydrogen-bond donors (Lipinski definition) is 1. The van der Waals surface area contributed by atoms with Crippen LogP contribution in [0.1, 0.15) is 0 Å². The molecule has 1 aromatic heterocycles. The van der Waals surface area contributed by atoms with Gasteiger partial charge in [0.25, 0.3) is 0 Å². The lowest BCUT2D eigenvalue weighted by molar-refractivity contribution is 1.21. The third-order valence-electron chi connectivity index (χ3n) is 3.07. The highest BCUT2D eigenvalue weighted by atomic mass is 35.5. The molecule has 0 unspecified atom stereocenters. The Morgan fingerprint density at radius 1 is 0.810 bits per heavy atom. The Balaban J connectivity index is 2.18. The van der Waals surface area contributed by atoms with E-state index in [1.54, 1.807) is 24.5 Å². The smallest absolute Gasteiger partial charge is 0.0980 e. The number of halogens is 2. The molecule has 1 heterocycles. The number of hydrogen-bond acceptors (Lipinski definition) is 3. The summed E-state index contributed by atoms with van der Waals surface area (Å²) in [7, 11) is 0. The largest absolute Gasteiger partial charge is 0.399 e. The van der Waals surface area contributed by atoms with Gasteiger partial charge in [0, 0.05) is 34.2 Å². The third kappa shape index (κ3) is 2.84. The fraction of sp³-hybridized carbons (Fsp3) is 0. The zero-order valence-corrected chi connectivity index (χ0v) is 12.4.